The lowest BCUT2D eigenvalue weighted by atomic mass is 10.1. The first-order valence-corrected chi connectivity index (χ1v) is 9.29. The Hall–Kier alpha value is -1.40. The smallest absolute Gasteiger partial charge is 0.296 e. The maximum atomic E-state index is 11.5. The van der Waals surface area contributed by atoms with Gasteiger partial charge in [0.15, 0.2) is 0 Å². The summed E-state index contributed by atoms with van der Waals surface area (Å²) in [4.78, 5) is 0. The molecule has 0 saturated heterocycles. The molecule has 0 atom stereocenters. The van der Waals surface area contributed by atoms with Crippen LogP contribution >= 0.6 is 10.7 Å². The minimum Gasteiger partial charge on any atom is -0.298 e. The first kappa shape index (κ1) is 14.5. The van der Waals surface area contributed by atoms with Gasteiger partial charge in [0.1, 0.15) is 5.82 Å². The van der Waals surface area contributed by atoms with Crippen molar-refractivity contribution in [3.05, 3.63) is 41.7 Å². The summed E-state index contributed by atoms with van der Waals surface area (Å²) in [5, 5.41) is 7.68. The van der Waals surface area contributed by atoms with Crippen LogP contribution in [0.3, 0.4) is 0 Å². The Morgan fingerprint density at radius 2 is 1.86 bits per heavy atom. The second-order valence-electron chi connectivity index (χ2n) is 5.28. The summed E-state index contributed by atoms with van der Waals surface area (Å²) in [6.45, 7) is 0. The highest BCUT2D eigenvalue weighted by molar-refractivity contribution is 8.13. The van der Waals surface area contributed by atoms with Crippen LogP contribution in [0, 0.1) is 0 Å². The zero-order chi connectivity index (χ0) is 14.9. The van der Waals surface area contributed by atoms with E-state index in [0.29, 0.717) is 12.2 Å². The van der Waals surface area contributed by atoms with E-state index in [-0.39, 0.29) is 11.2 Å². The Bertz CT molecular complexity index is 724. The fourth-order valence-electron chi connectivity index (χ4n) is 2.44. The van der Waals surface area contributed by atoms with Crippen molar-refractivity contribution in [3.63, 3.8) is 0 Å². The topological polar surface area (TPSA) is 64.8 Å². The molecule has 2 aromatic rings. The highest BCUT2D eigenvalue weighted by Crippen LogP contribution is 2.38. The van der Waals surface area contributed by atoms with E-state index in [2.05, 4.69) is 22.3 Å². The summed E-state index contributed by atoms with van der Waals surface area (Å²) in [7, 11) is 1.59. The zero-order valence-corrected chi connectivity index (χ0v) is 13.0. The number of nitrogens with zero attached hydrogens (tertiary/aromatic N) is 3. The predicted octanol–water partition coefficient (Wildman–Crippen LogP) is 2.72. The average molecular weight is 326 g/mol. The summed E-state index contributed by atoms with van der Waals surface area (Å²) >= 11 is 0. The number of aryl methyl sites for hydroxylation is 2. The summed E-state index contributed by atoms with van der Waals surface area (Å²) in [5.41, 5.74) is 1.26. The Morgan fingerprint density at radius 1 is 1.14 bits per heavy atom. The monoisotopic (exact) mass is 325 g/mol. The van der Waals surface area contributed by atoms with Crippen LogP contribution in [0.5, 0.6) is 0 Å². The molecule has 1 aliphatic rings. The third kappa shape index (κ3) is 3.44. The first-order chi connectivity index (χ1) is 10.1. The van der Waals surface area contributed by atoms with Crippen LogP contribution in [0.1, 0.15) is 36.7 Å². The molecule has 1 aromatic heterocycles. The molecule has 1 heterocycles. The van der Waals surface area contributed by atoms with Crippen LogP contribution in [-0.2, 0) is 21.9 Å². The molecule has 7 heteroatoms. The highest BCUT2D eigenvalue weighted by atomic mass is 35.7. The van der Waals surface area contributed by atoms with Crippen LogP contribution in [0.25, 0.3) is 0 Å². The van der Waals surface area contributed by atoms with Crippen molar-refractivity contribution in [2.45, 2.75) is 43.3 Å². The first-order valence-electron chi connectivity index (χ1n) is 6.98. The van der Waals surface area contributed by atoms with Gasteiger partial charge in [-0.15, -0.1) is 10.2 Å². The fraction of sp³-hybridized carbons (Fsp3) is 0.429. The van der Waals surface area contributed by atoms with Gasteiger partial charge < -0.3 is 0 Å². The predicted molar refractivity (Wildman–Crippen MR) is 79.8 cm³/mol. The van der Waals surface area contributed by atoms with Gasteiger partial charge in [-0.25, -0.2) is 8.42 Å². The number of halogens is 1. The second-order valence-corrected chi connectivity index (χ2v) is 7.74. The molecular formula is C14H16ClN3O2S. The molecule has 0 radical (unpaired) electrons. The lowest BCUT2D eigenvalue weighted by Gasteiger charge is -2.07. The normalized spacial score (nSPS) is 15.3. The lowest BCUT2D eigenvalue weighted by Crippen LogP contribution is -2.08. The van der Waals surface area contributed by atoms with Gasteiger partial charge in [-0.2, -0.15) is 0 Å². The van der Waals surface area contributed by atoms with Crippen molar-refractivity contribution in [3.8, 4) is 0 Å². The average Bonchev–Trinajstić information content (AvgIpc) is 3.19. The molecule has 3 rings (SSSR count). The van der Waals surface area contributed by atoms with Gasteiger partial charge in [-0.1, -0.05) is 30.3 Å². The third-order valence-corrected chi connectivity index (χ3v) is 4.70. The Labute approximate surface area is 128 Å². The molecule has 0 bridgehead atoms. The van der Waals surface area contributed by atoms with E-state index in [1.807, 2.05) is 18.2 Å². The molecule has 1 aliphatic carbocycles. The third-order valence-electron chi connectivity index (χ3n) is 3.57. The van der Waals surface area contributed by atoms with Gasteiger partial charge in [-0.05, 0) is 31.2 Å². The minimum absolute atomic E-state index is 0.110. The summed E-state index contributed by atoms with van der Waals surface area (Å²) in [6.07, 6.45) is 4.45. The van der Waals surface area contributed by atoms with Gasteiger partial charge in [0.05, 0.1) is 0 Å². The Balaban J connectivity index is 1.72. The molecule has 0 N–H and O–H groups in total. The molecule has 5 nitrogen and oxygen atoms in total. The molecule has 0 spiro atoms. The zero-order valence-electron chi connectivity index (χ0n) is 11.4. The van der Waals surface area contributed by atoms with Crippen molar-refractivity contribution < 1.29 is 8.42 Å². The van der Waals surface area contributed by atoms with E-state index in [4.69, 9.17) is 10.7 Å². The van der Waals surface area contributed by atoms with E-state index in [0.717, 1.165) is 25.7 Å². The number of hydrogen-bond acceptors (Lipinski definition) is 4. The van der Waals surface area contributed by atoms with Crippen molar-refractivity contribution in [2.24, 2.45) is 0 Å². The van der Waals surface area contributed by atoms with Crippen LogP contribution in [0.15, 0.2) is 35.5 Å². The minimum atomic E-state index is -3.83. The molecule has 21 heavy (non-hydrogen) atoms. The number of aromatic nitrogens is 3. The quantitative estimate of drug-likeness (QED) is 0.766. The SMILES string of the molecule is O=S(=O)(Cl)c1nnc(CCCc2ccccc2)n1C1CC1. The summed E-state index contributed by atoms with van der Waals surface area (Å²) in [5.74, 6) is 0.715. The van der Waals surface area contributed by atoms with Crippen molar-refractivity contribution >= 4 is 19.7 Å². The number of rotatable bonds is 6. The standard InChI is InChI=1S/C14H16ClN3O2S/c15-21(19,20)14-17-16-13(18(14)12-9-10-12)8-4-7-11-5-2-1-3-6-11/h1-3,5-6,12H,4,7-10H2. The molecule has 1 aromatic carbocycles. The lowest BCUT2D eigenvalue weighted by molar-refractivity contribution is 0.565. The maximum absolute atomic E-state index is 11.5. The van der Waals surface area contributed by atoms with E-state index in [1.54, 1.807) is 4.57 Å². The van der Waals surface area contributed by atoms with Crippen LogP contribution in [0.2, 0.25) is 0 Å². The highest BCUT2D eigenvalue weighted by Gasteiger charge is 2.33. The molecule has 0 unspecified atom stereocenters. The van der Waals surface area contributed by atoms with Crippen molar-refractivity contribution in [2.75, 3.05) is 0 Å². The maximum Gasteiger partial charge on any atom is 0.296 e. The Kier molecular flexibility index (Phi) is 3.99. The van der Waals surface area contributed by atoms with Crippen molar-refractivity contribution in [1.29, 1.82) is 0 Å². The van der Waals surface area contributed by atoms with Crippen LogP contribution in [0.4, 0.5) is 0 Å². The summed E-state index contributed by atoms with van der Waals surface area (Å²) < 4.78 is 24.8. The van der Waals surface area contributed by atoms with Gasteiger partial charge >= 0.3 is 0 Å². The van der Waals surface area contributed by atoms with Gasteiger partial charge in [0, 0.05) is 23.1 Å². The van der Waals surface area contributed by atoms with Gasteiger partial charge in [-0.3, -0.25) is 4.57 Å². The molecule has 1 fully saturated rings. The molecule has 0 aliphatic heterocycles. The van der Waals surface area contributed by atoms with E-state index < -0.39 is 9.05 Å². The largest absolute Gasteiger partial charge is 0.298 e. The van der Waals surface area contributed by atoms with Crippen molar-refractivity contribution in [1.82, 2.24) is 14.8 Å². The number of hydrogen-bond donors (Lipinski definition) is 0. The van der Waals surface area contributed by atoms with Crippen LogP contribution < -0.4 is 0 Å². The van der Waals surface area contributed by atoms with Gasteiger partial charge in [0.25, 0.3) is 14.2 Å². The second kappa shape index (κ2) is 5.77. The van der Waals surface area contributed by atoms with E-state index >= 15 is 0 Å². The van der Waals surface area contributed by atoms with E-state index in [9.17, 15) is 8.42 Å². The fourth-order valence-corrected chi connectivity index (χ4v) is 3.38. The molecule has 112 valence electrons. The van der Waals surface area contributed by atoms with E-state index in [1.165, 1.54) is 5.56 Å². The van der Waals surface area contributed by atoms with Crippen LogP contribution in [-0.4, -0.2) is 23.2 Å². The number of benzene rings is 1. The Morgan fingerprint density at radius 3 is 2.48 bits per heavy atom. The molecule has 0 amide bonds. The van der Waals surface area contributed by atoms with Gasteiger partial charge in [0.2, 0.25) is 0 Å². The molecule has 1 saturated carbocycles. The summed E-state index contributed by atoms with van der Waals surface area (Å²) in [6, 6.07) is 10.4. The molecular weight excluding hydrogens is 310 g/mol.